The van der Waals surface area contributed by atoms with Gasteiger partial charge in [0, 0.05) is 18.6 Å². The molecule has 2 atom stereocenters. The first-order valence-electron chi connectivity index (χ1n) is 8.29. The summed E-state index contributed by atoms with van der Waals surface area (Å²) in [7, 11) is 0. The summed E-state index contributed by atoms with van der Waals surface area (Å²) < 4.78 is 5.47. The van der Waals surface area contributed by atoms with Crippen LogP contribution < -0.4 is 5.32 Å². The number of aromatic nitrogens is 1. The zero-order chi connectivity index (χ0) is 15.6. The Balaban J connectivity index is 1.32. The van der Waals surface area contributed by atoms with Crippen molar-refractivity contribution in [2.45, 2.75) is 44.2 Å². The third-order valence-corrected chi connectivity index (χ3v) is 5.67. The average molecular weight is 331 g/mol. The van der Waals surface area contributed by atoms with Crippen LogP contribution in [0, 0.1) is 0 Å². The second kappa shape index (κ2) is 6.45. The van der Waals surface area contributed by atoms with E-state index < -0.39 is 0 Å². The van der Waals surface area contributed by atoms with Crippen molar-refractivity contribution in [3.63, 3.8) is 0 Å². The average Bonchev–Trinajstić information content (AvgIpc) is 3.27. The summed E-state index contributed by atoms with van der Waals surface area (Å²) in [6.07, 6.45) is 6.61. The van der Waals surface area contributed by atoms with Gasteiger partial charge in [-0.1, -0.05) is 6.07 Å². The predicted molar refractivity (Wildman–Crippen MR) is 89.3 cm³/mol. The standard InChI is InChI=1S/C17H21N3O2S/c21-16(18-12-5-7-20-6-1-3-14(20)9-12)10-13-11-22-17(19-13)15-4-2-8-23-15/h2,4,8,11-12,14H,1,3,5-7,9-10H2,(H,18,21)/t12-,14+/m0/s1. The van der Waals surface area contributed by atoms with Crippen LogP contribution in [0.1, 0.15) is 31.4 Å². The first-order valence-corrected chi connectivity index (χ1v) is 9.17. The number of carbonyl (C=O) groups excluding carboxylic acids is 1. The van der Waals surface area contributed by atoms with Gasteiger partial charge in [0.25, 0.3) is 0 Å². The minimum absolute atomic E-state index is 0.0486. The quantitative estimate of drug-likeness (QED) is 0.936. The maximum absolute atomic E-state index is 12.3. The lowest BCUT2D eigenvalue weighted by Gasteiger charge is -2.35. The Morgan fingerprint density at radius 2 is 2.39 bits per heavy atom. The fourth-order valence-electron chi connectivity index (χ4n) is 3.70. The second-order valence-electron chi connectivity index (χ2n) is 6.42. The minimum Gasteiger partial charge on any atom is -0.444 e. The second-order valence-corrected chi connectivity index (χ2v) is 7.37. The number of piperidine rings is 1. The van der Waals surface area contributed by atoms with Crippen molar-refractivity contribution < 1.29 is 9.21 Å². The number of nitrogens with one attached hydrogen (secondary N) is 1. The molecule has 4 heterocycles. The number of fused-ring (bicyclic) bond motifs is 1. The minimum atomic E-state index is 0.0486. The van der Waals surface area contributed by atoms with Crippen molar-refractivity contribution in [2.24, 2.45) is 0 Å². The molecule has 1 N–H and O–H groups in total. The van der Waals surface area contributed by atoms with Crippen molar-refractivity contribution in [3.8, 4) is 10.8 Å². The highest BCUT2D eigenvalue weighted by Gasteiger charge is 2.32. The molecule has 0 bridgehead atoms. The number of oxazole rings is 1. The Hall–Kier alpha value is -1.66. The van der Waals surface area contributed by atoms with E-state index in [0.717, 1.165) is 24.3 Å². The molecule has 0 aliphatic carbocycles. The maximum atomic E-state index is 12.3. The van der Waals surface area contributed by atoms with Gasteiger partial charge in [-0.05, 0) is 43.7 Å². The highest BCUT2D eigenvalue weighted by molar-refractivity contribution is 7.13. The third-order valence-electron chi connectivity index (χ3n) is 4.81. The summed E-state index contributed by atoms with van der Waals surface area (Å²) >= 11 is 1.58. The maximum Gasteiger partial charge on any atom is 0.236 e. The number of nitrogens with zero attached hydrogens (tertiary/aromatic N) is 2. The van der Waals surface area contributed by atoms with Crippen molar-refractivity contribution in [1.82, 2.24) is 15.2 Å². The van der Waals surface area contributed by atoms with E-state index >= 15 is 0 Å². The monoisotopic (exact) mass is 331 g/mol. The van der Waals surface area contributed by atoms with Crippen LogP contribution in [-0.2, 0) is 11.2 Å². The van der Waals surface area contributed by atoms with Gasteiger partial charge >= 0.3 is 0 Å². The molecule has 5 nitrogen and oxygen atoms in total. The number of carbonyl (C=O) groups is 1. The molecule has 0 unspecified atom stereocenters. The highest BCUT2D eigenvalue weighted by atomic mass is 32.1. The van der Waals surface area contributed by atoms with E-state index in [1.54, 1.807) is 17.6 Å². The third kappa shape index (κ3) is 3.33. The normalized spacial score (nSPS) is 24.5. The molecule has 1 amide bonds. The van der Waals surface area contributed by atoms with Crippen molar-refractivity contribution in [2.75, 3.05) is 13.1 Å². The molecule has 4 rings (SSSR count). The Labute approximate surface area is 139 Å². The molecule has 0 radical (unpaired) electrons. The SMILES string of the molecule is O=C(Cc1coc(-c2cccs2)n1)N[C@H]1CCN2CCC[C@@H]2C1. The van der Waals surface area contributed by atoms with Crippen molar-refractivity contribution in [1.29, 1.82) is 0 Å². The van der Waals surface area contributed by atoms with E-state index in [0.29, 0.717) is 30.1 Å². The topological polar surface area (TPSA) is 58.4 Å². The van der Waals surface area contributed by atoms with Gasteiger partial charge in [0.05, 0.1) is 17.0 Å². The summed E-state index contributed by atoms with van der Waals surface area (Å²) in [5.74, 6) is 0.648. The summed E-state index contributed by atoms with van der Waals surface area (Å²) in [5, 5.41) is 5.17. The fraction of sp³-hybridized carbons (Fsp3) is 0.529. The number of amides is 1. The van der Waals surface area contributed by atoms with Gasteiger partial charge < -0.3 is 14.6 Å². The molecule has 2 aliphatic heterocycles. The Morgan fingerprint density at radius 3 is 3.26 bits per heavy atom. The molecular formula is C17H21N3O2S. The molecule has 0 saturated carbocycles. The van der Waals surface area contributed by atoms with Crippen LogP contribution in [0.25, 0.3) is 10.8 Å². The van der Waals surface area contributed by atoms with E-state index in [2.05, 4.69) is 15.2 Å². The van der Waals surface area contributed by atoms with Gasteiger partial charge in [-0.15, -0.1) is 11.3 Å². The summed E-state index contributed by atoms with van der Waals surface area (Å²) in [6, 6.07) is 4.92. The molecule has 2 saturated heterocycles. The van der Waals surface area contributed by atoms with Crippen LogP contribution in [0.4, 0.5) is 0 Å². The van der Waals surface area contributed by atoms with Gasteiger partial charge in [0.1, 0.15) is 6.26 Å². The van der Waals surface area contributed by atoms with Crippen LogP contribution in [0.2, 0.25) is 0 Å². The van der Waals surface area contributed by atoms with Crippen LogP contribution in [0.3, 0.4) is 0 Å². The predicted octanol–water partition coefficient (Wildman–Crippen LogP) is 2.69. The molecule has 0 aromatic carbocycles. The number of thiophene rings is 1. The first kappa shape index (κ1) is 14.9. The Morgan fingerprint density at radius 1 is 1.43 bits per heavy atom. The van der Waals surface area contributed by atoms with Gasteiger partial charge in [0.2, 0.25) is 11.8 Å². The smallest absolute Gasteiger partial charge is 0.236 e. The summed E-state index contributed by atoms with van der Waals surface area (Å²) in [5.41, 5.74) is 0.698. The molecule has 6 heteroatoms. The van der Waals surface area contributed by atoms with E-state index in [-0.39, 0.29) is 5.91 Å². The Kier molecular flexibility index (Phi) is 4.18. The highest BCUT2D eigenvalue weighted by Crippen LogP contribution is 2.27. The van der Waals surface area contributed by atoms with Crippen molar-refractivity contribution >= 4 is 17.2 Å². The fourth-order valence-corrected chi connectivity index (χ4v) is 4.36. The largest absolute Gasteiger partial charge is 0.444 e. The van der Waals surface area contributed by atoms with Gasteiger partial charge in [-0.25, -0.2) is 4.98 Å². The van der Waals surface area contributed by atoms with Gasteiger partial charge in [-0.3, -0.25) is 4.79 Å². The van der Waals surface area contributed by atoms with Crippen LogP contribution >= 0.6 is 11.3 Å². The molecule has 122 valence electrons. The Bertz CT molecular complexity index is 667. The summed E-state index contributed by atoms with van der Waals surface area (Å²) in [6.45, 7) is 2.35. The molecule has 2 aliphatic rings. The number of hydrogen-bond acceptors (Lipinski definition) is 5. The van der Waals surface area contributed by atoms with Crippen LogP contribution in [-0.4, -0.2) is 41.0 Å². The lowest BCUT2D eigenvalue weighted by atomic mass is 9.97. The first-order chi connectivity index (χ1) is 11.3. The van der Waals surface area contributed by atoms with Crippen LogP contribution in [0.15, 0.2) is 28.2 Å². The van der Waals surface area contributed by atoms with Crippen LogP contribution in [0.5, 0.6) is 0 Å². The molecule has 2 fully saturated rings. The molecular weight excluding hydrogens is 310 g/mol. The number of hydrogen-bond donors (Lipinski definition) is 1. The van der Waals surface area contributed by atoms with E-state index in [9.17, 15) is 4.79 Å². The lowest BCUT2D eigenvalue weighted by Crippen LogP contribution is -2.47. The molecule has 0 spiro atoms. The number of rotatable bonds is 4. The molecule has 2 aromatic rings. The molecule has 2 aromatic heterocycles. The van der Waals surface area contributed by atoms with E-state index in [4.69, 9.17) is 4.42 Å². The summed E-state index contributed by atoms with van der Waals surface area (Å²) in [4.78, 5) is 20.2. The lowest BCUT2D eigenvalue weighted by molar-refractivity contribution is -0.121. The zero-order valence-electron chi connectivity index (χ0n) is 13.0. The van der Waals surface area contributed by atoms with E-state index in [1.807, 2.05) is 17.5 Å². The van der Waals surface area contributed by atoms with Gasteiger partial charge in [0.15, 0.2) is 0 Å². The molecule has 23 heavy (non-hydrogen) atoms. The van der Waals surface area contributed by atoms with Crippen molar-refractivity contribution in [3.05, 3.63) is 29.5 Å². The van der Waals surface area contributed by atoms with E-state index in [1.165, 1.54) is 19.4 Å². The zero-order valence-corrected chi connectivity index (χ0v) is 13.8. The van der Waals surface area contributed by atoms with Gasteiger partial charge in [-0.2, -0.15) is 0 Å².